The molecule has 6 rings (SSSR count). The van der Waals surface area contributed by atoms with Crippen molar-refractivity contribution in [2.24, 2.45) is 5.92 Å². The third-order valence-electron chi connectivity index (χ3n) is 7.00. The van der Waals surface area contributed by atoms with Gasteiger partial charge >= 0.3 is 0 Å². The van der Waals surface area contributed by atoms with E-state index in [9.17, 15) is 9.90 Å². The van der Waals surface area contributed by atoms with E-state index < -0.39 is 12.4 Å². The van der Waals surface area contributed by atoms with Crippen LogP contribution in [0.15, 0.2) is 29.1 Å². The molecular weight excluding hydrogens is 487 g/mol. The van der Waals surface area contributed by atoms with Gasteiger partial charge in [-0.25, -0.2) is 14.4 Å². The Morgan fingerprint density at radius 2 is 1.97 bits per heavy atom. The number of fused-ring (bicyclic) bond motifs is 3. The van der Waals surface area contributed by atoms with E-state index in [0.717, 1.165) is 41.9 Å². The minimum absolute atomic E-state index is 0.0486. The average molecular weight is 515 g/mol. The molecule has 2 aliphatic carbocycles. The molecule has 0 radical (unpaired) electrons. The normalized spacial score (nSPS) is 20.7. The summed E-state index contributed by atoms with van der Waals surface area (Å²) in [6.07, 6.45) is 8.25. The Hall–Kier alpha value is -2.88. The molecule has 4 heterocycles. The monoisotopic (exact) mass is 514 g/mol. The fourth-order valence-electron chi connectivity index (χ4n) is 5.25. The molecule has 1 amide bonds. The summed E-state index contributed by atoms with van der Waals surface area (Å²) in [5.74, 6) is -0.817. The summed E-state index contributed by atoms with van der Waals surface area (Å²) in [6, 6.07) is 0. The molecule has 1 fully saturated rings. The smallest absolute Gasteiger partial charge is 0.258 e. The maximum absolute atomic E-state index is 15.7. The number of aryl methyl sites for hydroxylation is 1. The molecule has 2 aliphatic heterocycles. The first kappa shape index (κ1) is 24.8. The van der Waals surface area contributed by atoms with E-state index in [1.165, 1.54) is 24.6 Å². The number of halogens is 2. The summed E-state index contributed by atoms with van der Waals surface area (Å²) in [5, 5.41) is 12.3. The number of allylic oxidation sites excluding steroid dienone is 1. The van der Waals surface area contributed by atoms with Crippen molar-refractivity contribution in [3.63, 3.8) is 0 Å². The van der Waals surface area contributed by atoms with Gasteiger partial charge in [0.1, 0.15) is 0 Å². The standard InChI is InChI=1S/C22H20ClFN4O3.C4H8O/c1-10-6-15-14(17-13(10)4-5-25-19(17)30)3-2-11-7-26-21(18(24)16(11)15)31-20-12(9-29)8-27-22(23)28-20;1-2-4-5-3-1/h7-8,10,29H,2-6,9H2,1H3,(H,25,30);1-4H2. The van der Waals surface area contributed by atoms with Crippen LogP contribution in [0.25, 0.3) is 5.57 Å². The van der Waals surface area contributed by atoms with E-state index in [4.69, 9.17) is 21.1 Å². The highest BCUT2D eigenvalue weighted by molar-refractivity contribution is 6.28. The van der Waals surface area contributed by atoms with Crippen molar-refractivity contribution >= 4 is 23.1 Å². The molecule has 2 aromatic heterocycles. The number of nitrogens with one attached hydrogen (secondary N) is 1. The maximum atomic E-state index is 15.7. The number of amides is 1. The zero-order valence-corrected chi connectivity index (χ0v) is 20.8. The lowest BCUT2D eigenvalue weighted by atomic mass is 9.70. The zero-order chi connectivity index (χ0) is 25.2. The van der Waals surface area contributed by atoms with Gasteiger partial charge in [0, 0.05) is 43.3 Å². The van der Waals surface area contributed by atoms with Gasteiger partial charge in [0.15, 0.2) is 5.82 Å². The first-order valence-corrected chi connectivity index (χ1v) is 12.6. The molecule has 36 heavy (non-hydrogen) atoms. The molecule has 10 heteroatoms. The fraction of sp³-hybridized carbons (Fsp3) is 0.462. The SMILES string of the molecule is C1CCOC1.CC1CC2=C(CCc3cnc(Oc4nc(Cl)ncc4CO)c(F)c32)C2=C1CCNC2=O. The number of aliphatic hydroxyl groups excluding tert-OH is 1. The molecule has 4 aliphatic rings. The van der Waals surface area contributed by atoms with Gasteiger partial charge in [-0.05, 0) is 72.8 Å². The molecule has 190 valence electrons. The minimum Gasteiger partial charge on any atom is -0.417 e. The van der Waals surface area contributed by atoms with Gasteiger partial charge in [-0.2, -0.15) is 4.98 Å². The summed E-state index contributed by atoms with van der Waals surface area (Å²) >= 11 is 5.83. The largest absolute Gasteiger partial charge is 0.417 e. The van der Waals surface area contributed by atoms with Crippen LogP contribution in [0.2, 0.25) is 5.28 Å². The lowest BCUT2D eigenvalue weighted by Gasteiger charge is -2.36. The van der Waals surface area contributed by atoms with Crippen LogP contribution < -0.4 is 10.1 Å². The third-order valence-corrected chi connectivity index (χ3v) is 7.18. The number of nitrogens with zero attached hydrogens (tertiary/aromatic N) is 3. The van der Waals surface area contributed by atoms with Gasteiger partial charge < -0.3 is 19.9 Å². The second kappa shape index (κ2) is 10.6. The van der Waals surface area contributed by atoms with Crippen molar-refractivity contribution in [1.82, 2.24) is 20.3 Å². The summed E-state index contributed by atoms with van der Waals surface area (Å²) in [4.78, 5) is 24.5. The van der Waals surface area contributed by atoms with Crippen LogP contribution in [-0.4, -0.2) is 45.7 Å². The Morgan fingerprint density at radius 3 is 2.69 bits per heavy atom. The maximum Gasteiger partial charge on any atom is 0.258 e. The van der Waals surface area contributed by atoms with Crippen molar-refractivity contribution in [3.8, 4) is 11.8 Å². The van der Waals surface area contributed by atoms with Gasteiger partial charge in [-0.15, -0.1) is 0 Å². The molecule has 8 nitrogen and oxygen atoms in total. The molecular formula is C26H28ClFN4O4. The Kier molecular flexibility index (Phi) is 7.32. The van der Waals surface area contributed by atoms with Crippen molar-refractivity contribution in [3.05, 3.63) is 56.9 Å². The van der Waals surface area contributed by atoms with Crippen LogP contribution in [-0.2, 0) is 22.6 Å². The number of carbonyl (C=O) groups excluding carboxylic acids is 1. The number of carbonyl (C=O) groups is 1. The van der Waals surface area contributed by atoms with Crippen LogP contribution >= 0.6 is 11.6 Å². The van der Waals surface area contributed by atoms with Crippen molar-refractivity contribution < 1.29 is 23.8 Å². The van der Waals surface area contributed by atoms with Gasteiger partial charge in [0.2, 0.25) is 11.2 Å². The summed E-state index contributed by atoms with van der Waals surface area (Å²) in [5.41, 5.74) is 5.18. The van der Waals surface area contributed by atoms with E-state index in [1.807, 2.05) is 0 Å². The first-order chi connectivity index (χ1) is 17.5. The number of hydrogen-bond acceptors (Lipinski definition) is 7. The van der Waals surface area contributed by atoms with Gasteiger partial charge in [-0.1, -0.05) is 12.5 Å². The van der Waals surface area contributed by atoms with Gasteiger partial charge in [0.25, 0.3) is 11.8 Å². The molecule has 0 spiro atoms. The topological polar surface area (TPSA) is 106 Å². The van der Waals surface area contributed by atoms with Crippen molar-refractivity contribution in [2.45, 2.75) is 52.1 Å². The predicted octanol–water partition coefficient (Wildman–Crippen LogP) is 4.30. The van der Waals surface area contributed by atoms with E-state index in [0.29, 0.717) is 31.4 Å². The molecule has 1 saturated heterocycles. The van der Waals surface area contributed by atoms with E-state index in [2.05, 4.69) is 27.2 Å². The van der Waals surface area contributed by atoms with Crippen LogP contribution in [0.5, 0.6) is 11.8 Å². The molecule has 0 saturated carbocycles. The molecule has 2 aromatic rings. The van der Waals surface area contributed by atoms with Crippen LogP contribution in [0.1, 0.15) is 55.7 Å². The second-order valence-corrected chi connectivity index (χ2v) is 9.63. The number of ether oxygens (including phenoxy) is 2. The van der Waals surface area contributed by atoms with E-state index in [-0.39, 0.29) is 34.4 Å². The Balaban J connectivity index is 0.000000477. The minimum atomic E-state index is -0.601. The van der Waals surface area contributed by atoms with Crippen molar-refractivity contribution in [2.75, 3.05) is 19.8 Å². The van der Waals surface area contributed by atoms with Gasteiger partial charge in [0.05, 0.1) is 12.2 Å². The molecule has 1 unspecified atom stereocenters. The lowest BCUT2D eigenvalue weighted by Crippen LogP contribution is -2.36. The van der Waals surface area contributed by atoms with Gasteiger partial charge in [-0.3, -0.25) is 4.79 Å². The fourth-order valence-corrected chi connectivity index (χ4v) is 5.37. The van der Waals surface area contributed by atoms with Crippen LogP contribution in [0, 0.1) is 11.7 Å². The number of rotatable bonds is 3. The first-order valence-electron chi connectivity index (χ1n) is 12.3. The molecule has 0 bridgehead atoms. The number of pyridine rings is 1. The molecule has 0 aromatic carbocycles. The van der Waals surface area contributed by atoms with Crippen LogP contribution in [0.4, 0.5) is 4.39 Å². The molecule has 1 atom stereocenters. The Morgan fingerprint density at radius 1 is 1.17 bits per heavy atom. The van der Waals surface area contributed by atoms with E-state index in [1.54, 1.807) is 6.20 Å². The summed E-state index contributed by atoms with van der Waals surface area (Å²) in [7, 11) is 0. The average Bonchev–Trinajstić information content (AvgIpc) is 3.46. The van der Waals surface area contributed by atoms with E-state index >= 15 is 4.39 Å². The quantitative estimate of drug-likeness (QED) is 0.588. The Bertz CT molecular complexity index is 1250. The van der Waals surface area contributed by atoms with Crippen molar-refractivity contribution in [1.29, 1.82) is 0 Å². The summed E-state index contributed by atoms with van der Waals surface area (Å²) < 4.78 is 26.3. The highest BCUT2D eigenvalue weighted by Crippen LogP contribution is 2.48. The van der Waals surface area contributed by atoms with Crippen LogP contribution in [0.3, 0.4) is 0 Å². The zero-order valence-electron chi connectivity index (χ0n) is 20.1. The second-order valence-electron chi connectivity index (χ2n) is 9.30. The lowest BCUT2D eigenvalue weighted by molar-refractivity contribution is -0.117. The Labute approximate surface area is 213 Å². The highest BCUT2D eigenvalue weighted by atomic mass is 35.5. The third kappa shape index (κ3) is 4.75. The predicted molar refractivity (Wildman–Crippen MR) is 131 cm³/mol. The molecule has 2 N–H and O–H groups in total. The number of hydrogen-bond donors (Lipinski definition) is 2. The number of aromatic nitrogens is 3. The summed E-state index contributed by atoms with van der Waals surface area (Å²) in [6.45, 7) is 4.34. The number of aliphatic hydroxyl groups is 1. The highest BCUT2D eigenvalue weighted by Gasteiger charge is 2.37.